The van der Waals surface area contributed by atoms with Crippen LogP contribution in [0.4, 0.5) is 13.2 Å². The Hall–Kier alpha value is -1.73. The van der Waals surface area contributed by atoms with Gasteiger partial charge in [-0.1, -0.05) is 6.92 Å². The first-order valence-electron chi connectivity index (χ1n) is 6.43. The first-order chi connectivity index (χ1) is 9.39. The number of hydrogen-bond acceptors (Lipinski definition) is 2. The van der Waals surface area contributed by atoms with Crippen molar-refractivity contribution in [2.75, 3.05) is 7.05 Å². The summed E-state index contributed by atoms with van der Waals surface area (Å²) in [6.07, 6.45) is -0.478. The summed E-state index contributed by atoms with van der Waals surface area (Å²) in [6.45, 7) is 1.29. The maximum Gasteiger partial charge on any atom is 0.406 e. The average Bonchev–Trinajstić information content (AvgIpc) is 2.86. The van der Waals surface area contributed by atoms with E-state index in [1.165, 1.54) is 12.4 Å². The summed E-state index contributed by atoms with van der Waals surface area (Å²) in [5.41, 5.74) is 0. The maximum absolute atomic E-state index is 12.4. The van der Waals surface area contributed by atoms with Crippen LogP contribution in [-0.4, -0.2) is 34.8 Å². The van der Waals surface area contributed by atoms with E-state index in [9.17, 15) is 13.2 Å². The molecule has 20 heavy (non-hydrogen) atoms. The van der Waals surface area contributed by atoms with Crippen molar-refractivity contribution in [3.05, 3.63) is 18.2 Å². The van der Waals surface area contributed by atoms with Crippen LogP contribution < -0.4 is 10.6 Å². The SMILES string of the molecule is CN=C(NCc1nccn1CC(F)(F)F)NC1CC1C. The Morgan fingerprint density at radius 1 is 1.55 bits per heavy atom. The molecule has 1 heterocycles. The van der Waals surface area contributed by atoms with E-state index in [4.69, 9.17) is 0 Å². The van der Waals surface area contributed by atoms with Gasteiger partial charge in [0.25, 0.3) is 0 Å². The minimum absolute atomic E-state index is 0.198. The molecule has 112 valence electrons. The summed E-state index contributed by atoms with van der Waals surface area (Å²) in [5.74, 6) is 1.52. The summed E-state index contributed by atoms with van der Waals surface area (Å²) in [7, 11) is 1.63. The Labute approximate surface area is 115 Å². The van der Waals surface area contributed by atoms with Crippen LogP contribution in [0, 0.1) is 5.92 Å². The molecule has 0 saturated heterocycles. The molecule has 5 nitrogen and oxygen atoms in total. The highest BCUT2D eigenvalue weighted by molar-refractivity contribution is 5.80. The van der Waals surface area contributed by atoms with E-state index in [1.807, 2.05) is 0 Å². The van der Waals surface area contributed by atoms with Gasteiger partial charge in [-0.05, 0) is 12.3 Å². The van der Waals surface area contributed by atoms with Gasteiger partial charge in [-0.3, -0.25) is 4.99 Å². The van der Waals surface area contributed by atoms with Crippen LogP contribution in [0.25, 0.3) is 0 Å². The predicted molar refractivity (Wildman–Crippen MR) is 69.2 cm³/mol. The number of aliphatic imine (C=N–C) groups is 1. The lowest BCUT2D eigenvalue weighted by Crippen LogP contribution is -2.39. The van der Waals surface area contributed by atoms with Crippen molar-refractivity contribution in [2.45, 2.75) is 38.7 Å². The van der Waals surface area contributed by atoms with Gasteiger partial charge in [-0.15, -0.1) is 0 Å². The molecule has 1 aromatic rings. The smallest absolute Gasteiger partial charge is 0.353 e. The van der Waals surface area contributed by atoms with Gasteiger partial charge in [0.1, 0.15) is 12.4 Å². The molecule has 2 N–H and O–H groups in total. The minimum Gasteiger partial charge on any atom is -0.353 e. The molecule has 0 aromatic carbocycles. The molecular formula is C12H18F3N5. The van der Waals surface area contributed by atoms with Crippen LogP contribution in [0.3, 0.4) is 0 Å². The molecule has 0 radical (unpaired) electrons. The van der Waals surface area contributed by atoms with Crippen LogP contribution in [0.15, 0.2) is 17.4 Å². The van der Waals surface area contributed by atoms with Crippen molar-refractivity contribution in [3.8, 4) is 0 Å². The summed E-state index contributed by atoms with van der Waals surface area (Å²) >= 11 is 0. The van der Waals surface area contributed by atoms with Crippen LogP contribution in [-0.2, 0) is 13.1 Å². The van der Waals surface area contributed by atoms with Crippen molar-refractivity contribution in [3.63, 3.8) is 0 Å². The number of halogens is 3. The average molecular weight is 289 g/mol. The van der Waals surface area contributed by atoms with Crippen molar-refractivity contribution >= 4 is 5.96 Å². The molecule has 2 unspecified atom stereocenters. The molecule has 2 rings (SSSR count). The number of nitrogens with zero attached hydrogens (tertiary/aromatic N) is 3. The molecule has 0 bridgehead atoms. The van der Waals surface area contributed by atoms with Crippen LogP contribution >= 0.6 is 0 Å². The fourth-order valence-corrected chi connectivity index (χ4v) is 1.90. The van der Waals surface area contributed by atoms with Crippen LogP contribution in [0.1, 0.15) is 19.2 Å². The number of nitrogens with one attached hydrogen (secondary N) is 2. The zero-order valence-electron chi connectivity index (χ0n) is 11.4. The summed E-state index contributed by atoms with van der Waals surface area (Å²) in [6, 6.07) is 0.399. The van der Waals surface area contributed by atoms with Crippen molar-refractivity contribution < 1.29 is 13.2 Å². The first-order valence-corrected chi connectivity index (χ1v) is 6.43. The lowest BCUT2D eigenvalue weighted by Gasteiger charge is -2.13. The van der Waals surface area contributed by atoms with Gasteiger partial charge in [0.2, 0.25) is 0 Å². The summed E-state index contributed by atoms with van der Waals surface area (Å²) in [5, 5.41) is 6.18. The number of hydrogen-bond donors (Lipinski definition) is 2. The molecule has 1 saturated carbocycles. The predicted octanol–water partition coefficient (Wildman–Crippen LogP) is 1.52. The number of imidazole rings is 1. The van der Waals surface area contributed by atoms with Crippen LogP contribution in [0.2, 0.25) is 0 Å². The molecule has 0 spiro atoms. The number of alkyl halides is 3. The third-order valence-electron chi connectivity index (χ3n) is 3.22. The Morgan fingerprint density at radius 2 is 2.25 bits per heavy atom. The zero-order valence-corrected chi connectivity index (χ0v) is 11.4. The van der Waals surface area contributed by atoms with Gasteiger partial charge < -0.3 is 15.2 Å². The lowest BCUT2D eigenvalue weighted by molar-refractivity contribution is -0.141. The maximum atomic E-state index is 12.4. The molecular weight excluding hydrogens is 271 g/mol. The highest BCUT2D eigenvalue weighted by Gasteiger charge is 2.33. The summed E-state index contributed by atoms with van der Waals surface area (Å²) in [4.78, 5) is 7.98. The largest absolute Gasteiger partial charge is 0.406 e. The third kappa shape index (κ3) is 4.14. The second-order valence-corrected chi connectivity index (χ2v) is 4.98. The highest BCUT2D eigenvalue weighted by atomic mass is 19.4. The fourth-order valence-electron chi connectivity index (χ4n) is 1.90. The standard InChI is InChI=1S/C12H18F3N5/c1-8-5-9(8)19-11(16-2)18-6-10-17-3-4-20(10)7-12(13,14)15/h3-4,8-9H,5-7H2,1-2H3,(H2,16,18,19). The monoisotopic (exact) mass is 289 g/mol. The van der Waals surface area contributed by atoms with Crippen LogP contribution in [0.5, 0.6) is 0 Å². The molecule has 1 aliphatic carbocycles. The van der Waals surface area contributed by atoms with E-state index < -0.39 is 12.7 Å². The molecule has 0 aliphatic heterocycles. The Bertz CT molecular complexity index is 480. The van der Waals surface area contributed by atoms with Crippen molar-refractivity contribution in [1.29, 1.82) is 0 Å². The number of rotatable bonds is 4. The van der Waals surface area contributed by atoms with E-state index in [1.54, 1.807) is 7.05 Å². The van der Waals surface area contributed by atoms with Crippen molar-refractivity contribution in [2.24, 2.45) is 10.9 Å². The van der Waals surface area contributed by atoms with Gasteiger partial charge in [0, 0.05) is 25.5 Å². The van der Waals surface area contributed by atoms with E-state index >= 15 is 0 Å². The topological polar surface area (TPSA) is 54.2 Å². The lowest BCUT2D eigenvalue weighted by atomic mass is 10.5. The fraction of sp³-hybridized carbons (Fsp3) is 0.667. The van der Waals surface area contributed by atoms with E-state index in [2.05, 4.69) is 27.5 Å². The molecule has 1 fully saturated rings. The van der Waals surface area contributed by atoms with Gasteiger partial charge in [0.05, 0.1) is 6.54 Å². The minimum atomic E-state index is -4.25. The molecule has 8 heteroatoms. The molecule has 0 amide bonds. The first kappa shape index (κ1) is 14.7. The van der Waals surface area contributed by atoms with E-state index in [0.717, 1.165) is 11.0 Å². The second kappa shape index (κ2) is 5.72. The number of aromatic nitrogens is 2. The normalized spacial score (nSPS) is 22.8. The third-order valence-corrected chi connectivity index (χ3v) is 3.22. The Balaban J connectivity index is 1.88. The second-order valence-electron chi connectivity index (χ2n) is 4.98. The van der Waals surface area contributed by atoms with Gasteiger partial charge >= 0.3 is 6.18 Å². The Morgan fingerprint density at radius 3 is 2.80 bits per heavy atom. The zero-order chi connectivity index (χ0) is 14.8. The van der Waals surface area contributed by atoms with Gasteiger partial charge in [-0.2, -0.15) is 13.2 Å². The van der Waals surface area contributed by atoms with E-state index in [-0.39, 0.29) is 6.54 Å². The highest BCUT2D eigenvalue weighted by Crippen LogP contribution is 2.28. The quantitative estimate of drug-likeness (QED) is 0.653. The molecule has 2 atom stereocenters. The molecule has 1 aliphatic rings. The van der Waals surface area contributed by atoms with E-state index in [0.29, 0.717) is 23.7 Å². The van der Waals surface area contributed by atoms with Gasteiger partial charge in [-0.25, -0.2) is 4.98 Å². The Kier molecular flexibility index (Phi) is 4.20. The molecule has 1 aromatic heterocycles. The summed E-state index contributed by atoms with van der Waals surface area (Å²) < 4.78 is 38.2. The van der Waals surface area contributed by atoms with Crippen molar-refractivity contribution in [1.82, 2.24) is 20.2 Å². The number of guanidine groups is 1. The van der Waals surface area contributed by atoms with Gasteiger partial charge in [0.15, 0.2) is 5.96 Å².